The summed E-state index contributed by atoms with van der Waals surface area (Å²) in [5, 5.41) is 0. The number of hydrogen-bond donors (Lipinski definition) is 1. The molecule has 0 aliphatic heterocycles. The lowest BCUT2D eigenvalue weighted by Gasteiger charge is -2.11. The third-order valence-electron chi connectivity index (χ3n) is 2.19. The second-order valence-electron chi connectivity index (χ2n) is 3.32. The molecule has 4 heteroatoms. The van der Waals surface area contributed by atoms with E-state index in [4.69, 9.17) is 15.2 Å². The normalized spacial score (nSPS) is 15.3. The number of methoxy groups -OCH3 is 1. The minimum Gasteiger partial charge on any atom is -0.490 e. The van der Waals surface area contributed by atoms with Gasteiger partial charge in [0.1, 0.15) is 5.75 Å². The molecule has 1 heterocycles. The number of rotatable bonds is 4. The van der Waals surface area contributed by atoms with Crippen LogP contribution < -0.4 is 15.2 Å². The van der Waals surface area contributed by atoms with E-state index >= 15 is 0 Å². The first-order valence-electron chi connectivity index (χ1n) is 4.73. The lowest BCUT2D eigenvalue weighted by molar-refractivity contribution is 0.295. The predicted octanol–water partition coefficient (Wildman–Crippen LogP) is 1.09. The Balaban J connectivity index is 2.26. The Morgan fingerprint density at radius 1 is 1.57 bits per heavy atom. The first-order valence-corrected chi connectivity index (χ1v) is 4.73. The van der Waals surface area contributed by atoms with Crippen LogP contribution in [0.4, 0.5) is 0 Å². The van der Waals surface area contributed by atoms with E-state index in [0.717, 1.165) is 24.2 Å². The van der Waals surface area contributed by atoms with Crippen molar-refractivity contribution >= 4 is 0 Å². The van der Waals surface area contributed by atoms with Gasteiger partial charge in [-0.1, -0.05) is 0 Å². The molecule has 0 atom stereocenters. The number of nitrogens with zero attached hydrogens (tertiary/aromatic N) is 1. The van der Waals surface area contributed by atoms with Crippen LogP contribution in [0, 0.1) is 0 Å². The van der Waals surface area contributed by atoms with Crippen LogP contribution in [0.25, 0.3) is 0 Å². The van der Waals surface area contributed by atoms with Crippen molar-refractivity contribution < 1.29 is 9.47 Å². The van der Waals surface area contributed by atoms with Crippen LogP contribution in [0.15, 0.2) is 12.3 Å². The molecule has 0 radical (unpaired) electrons. The lowest BCUT2D eigenvalue weighted by Crippen LogP contribution is -2.06. The zero-order chi connectivity index (χ0) is 9.97. The van der Waals surface area contributed by atoms with Gasteiger partial charge in [0.05, 0.1) is 18.8 Å². The van der Waals surface area contributed by atoms with Gasteiger partial charge in [0.2, 0.25) is 5.88 Å². The van der Waals surface area contributed by atoms with Gasteiger partial charge < -0.3 is 15.2 Å². The molecule has 0 bridgehead atoms. The summed E-state index contributed by atoms with van der Waals surface area (Å²) in [6.45, 7) is 0.388. The fourth-order valence-electron chi connectivity index (χ4n) is 1.30. The molecule has 0 saturated heterocycles. The van der Waals surface area contributed by atoms with E-state index in [1.165, 1.54) is 0 Å². The van der Waals surface area contributed by atoms with Crippen molar-refractivity contribution in [3.05, 3.63) is 17.8 Å². The molecule has 2 rings (SSSR count). The fourth-order valence-corrected chi connectivity index (χ4v) is 1.30. The van der Waals surface area contributed by atoms with Crippen molar-refractivity contribution in [2.75, 3.05) is 7.11 Å². The molecule has 14 heavy (non-hydrogen) atoms. The standard InChI is InChI=1S/C10H14N2O2/c1-13-10-8(6-11)9(4-5-12-10)14-7-2-3-7/h4-5,7H,2-3,6,11H2,1H3. The van der Waals surface area contributed by atoms with Crippen molar-refractivity contribution in [1.82, 2.24) is 4.98 Å². The number of aromatic nitrogens is 1. The molecule has 1 aliphatic carbocycles. The van der Waals surface area contributed by atoms with Gasteiger partial charge in [-0.25, -0.2) is 4.98 Å². The summed E-state index contributed by atoms with van der Waals surface area (Å²) < 4.78 is 10.8. The van der Waals surface area contributed by atoms with E-state index in [1.54, 1.807) is 13.3 Å². The molecule has 0 unspecified atom stereocenters. The number of nitrogens with two attached hydrogens (primary N) is 1. The molecule has 1 saturated carbocycles. The highest BCUT2D eigenvalue weighted by Gasteiger charge is 2.25. The van der Waals surface area contributed by atoms with Crippen LogP contribution in [0.1, 0.15) is 18.4 Å². The first kappa shape index (κ1) is 9.27. The van der Waals surface area contributed by atoms with E-state index in [9.17, 15) is 0 Å². The van der Waals surface area contributed by atoms with Gasteiger partial charge in [-0.2, -0.15) is 0 Å². The molecule has 1 aromatic heterocycles. The first-order chi connectivity index (χ1) is 6.85. The summed E-state index contributed by atoms with van der Waals surface area (Å²) >= 11 is 0. The summed E-state index contributed by atoms with van der Waals surface area (Å²) in [4.78, 5) is 4.07. The van der Waals surface area contributed by atoms with Crippen LogP contribution in [-0.2, 0) is 6.54 Å². The molecule has 1 fully saturated rings. The largest absolute Gasteiger partial charge is 0.490 e. The van der Waals surface area contributed by atoms with E-state index in [-0.39, 0.29) is 0 Å². The van der Waals surface area contributed by atoms with Gasteiger partial charge in [-0.15, -0.1) is 0 Å². The van der Waals surface area contributed by atoms with Crippen LogP contribution in [0.2, 0.25) is 0 Å². The highest BCUT2D eigenvalue weighted by molar-refractivity contribution is 5.39. The average Bonchev–Trinajstić information content (AvgIpc) is 3.01. The zero-order valence-electron chi connectivity index (χ0n) is 8.19. The van der Waals surface area contributed by atoms with Crippen molar-refractivity contribution in [3.8, 4) is 11.6 Å². The summed E-state index contributed by atoms with van der Waals surface area (Å²) in [6.07, 6.45) is 4.31. The predicted molar refractivity (Wildman–Crippen MR) is 52.3 cm³/mol. The number of ether oxygens (including phenoxy) is 2. The second kappa shape index (κ2) is 3.84. The molecular weight excluding hydrogens is 180 g/mol. The maximum absolute atomic E-state index is 5.69. The molecular formula is C10H14N2O2. The van der Waals surface area contributed by atoms with Gasteiger partial charge in [0.25, 0.3) is 0 Å². The highest BCUT2D eigenvalue weighted by Crippen LogP contribution is 2.31. The Kier molecular flexibility index (Phi) is 2.54. The minimum absolute atomic E-state index is 0.368. The van der Waals surface area contributed by atoms with E-state index < -0.39 is 0 Å². The number of hydrogen-bond acceptors (Lipinski definition) is 4. The molecule has 0 spiro atoms. The van der Waals surface area contributed by atoms with Gasteiger partial charge >= 0.3 is 0 Å². The quantitative estimate of drug-likeness (QED) is 0.779. The van der Waals surface area contributed by atoms with Crippen molar-refractivity contribution in [2.24, 2.45) is 5.73 Å². The monoisotopic (exact) mass is 194 g/mol. The van der Waals surface area contributed by atoms with Gasteiger partial charge in [-0.05, 0) is 18.9 Å². The smallest absolute Gasteiger partial charge is 0.221 e. The Morgan fingerprint density at radius 2 is 2.36 bits per heavy atom. The van der Waals surface area contributed by atoms with Crippen LogP contribution in [0.3, 0.4) is 0 Å². The summed E-state index contributed by atoms with van der Waals surface area (Å²) in [5.41, 5.74) is 6.47. The third kappa shape index (κ3) is 1.80. The van der Waals surface area contributed by atoms with Crippen LogP contribution in [0.5, 0.6) is 11.6 Å². The highest BCUT2D eigenvalue weighted by atomic mass is 16.5. The van der Waals surface area contributed by atoms with Crippen LogP contribution >= 0.6 is 0 Å². The van der Waals surface area contributed by atoms with E-state index in [1.807, 2.05) is 6.07 Å². The van der Waals surface area contributed by atoms with Gasteiger partial charge in [0.15, 0.2) is 0 Å². The minimum atomic E-state index is 0.368. The molecule has 2 N–H and O–H groups in total. The molecule has 4 nitrogen and oxygen atoms in total. The van der Waals surface area contributed by atoms with Crippen molar-refractivity contribution in [3.63, 3.8) is 0 Å². The summed E-state index contributed by atoms with van der Waals surface area (Å²) in [7, 11) is 1.59. The molecule has 76 valence electrons. The molecule has 1 aliphatic rings. The maximum Gasteiger partial charge on any atom is 0.221 e. The molecule has 1 aromatic rings. The fraction of sp³-hybridized carbons (Fsp3) is 0.500. The average molecular weight is 194 g/mol. The Labute approximate surface area is 83.0 Å². The van der Waals surface area contributed by atoms with E-state index in [2.05, 4.69) is 4.98 Å². The lowest BCUT2D eigenvalue weighted by atomic mass is 10.2. The molecule has 0 aromatic carbocycles. The Morgan fingerprint density at radius 3 is 2.93 bits per heavy atom. The molecule has 0 amide bonds. The zero-order valence-corrected chi connectivity index (χ0v) is 8.19. The number of pyridine rings is 1. The summed E-state index contributed by atoms with van der Waals surface area (Å²) in [5.74, 6) is 1.37. The topological polar surface area (TPSA) is 57.4 Å². The van der Waals surface area contributed by atoms with Gasteiger partial charge in [-0.3, -0.25) is 0 Å². The van der Waals surface area contributed by atoms with Crippen molar-refractivity contribution in [1.29, 1.82) is 0 Å². The Bertz CT molecular complexity index is 324. The maximum atomic E-state index is 5.69. The Hall–Kier alpha value is -1.29. The SMILES string of the molecule is COc1nccc(OC2CC2)c1CN. The van der Waals surface area contributed by atoms with Crippen molar-refractivity contribution in [2.45, 2.75) is 25.5 Å². The van der Waals surface area contributed by atoms with Gasteiger partial charge in [0, 0.05) is 12.7 Å². The summed E-state index contributed by atoms with van der Waals surface area (Å²) in [6, 6.07) is 1.84. The third-order valence-corrected chi connectivity index (χ3v) is 2.19. The van der Waals surface area contributed by atoms with E-state index in [0.29, 0.717) is 18.5 Å². The van der Waals surface area contributed by atoms with Crippen LogP contribution in [-0.4, -0.2) is 18.2 Å². The second-order valence-corrected chi connectivity index (χ2v) is 3.32.